The minimum Gasteiger partial charge on any atom is -0.496 e. The van der Waals surface area contributed by atoms with Crippen molar-refractivity contribution in [1.82, 2.24) is 5.32 Å². The monoisotopic (exact) mass is 317 g/mol. The minimum absolute atomic E-state index is 0.0544. The largest absolute Gasteiger partial charge is 0.496 e. The van der Waals surface area contributed by atoms with Gasteiger partial charge in [0.2, 0.25) is 0 Å². The molecular weight excluding hydrogens is 301 g/mol. The fourth-order valence-electron chi connectivity index (χ4n) is 1.92. The molecule has 2 rings (SSSR count). The average molecular weight is 317 g/mol. The zero-order valence-electron chi connectivity index (χ0n) is 12.5. The molecule has 0 heterocycles. The van der Waals surface area contributed by atoms with E-state index >= 15 is 0 Å². The Morgan fingerprint density at radius 3 is 2.65 bits per heavy atom. The number of ether oxygens (including phenoxy) is 2. The highest BCUT2D eigenvalue weighted by atomic mass is 19.1. The number of carbonyl (C=O) groups is 2. The van der Waals surface area contributed by atoms with Crippen molar-refractivity contribution in [1.29, 1.82) is 0 Å². The smallest absolute Gasteiger partial charge is 0.325 e. The molecule has 0 radical (unpaired) electrons. The van der Waals surface area contributed by atoms with Gasteiger partial charge in [-0.1, -0.05) is 24.3 Å². The van der Waals surface area contributed by atoms with E-state index in [1.807, 2.05) is 0 Å². The van der Waals surface area contributed by atoms with E-state index in [0.29, 0.717) is 16.9 Å². The molecule has 2 aromatic carbocycles. The van der Waals surface area contributed by atoms with Gasteiger partial charge < -0.3 is 14.8 Å². The van der Waals surface area contributed by atoms with E-state index in [0.717, 1.165) is 0 Å². The number of hydrogen-bond donors (Lipinski definition) is 1. The van der Waals surface area contributed by atoms with Gasteiger partial charge in [-0.2, -0.15) is 0 Å². The molecule has 0 aliphatic rings. The Kier molecular flexibility index (Phi) is 5.68. The van der Waals surface area contributed by atoms with Gasteiger partial charge in [0.15, 0.2) is 0 Å². The number of nitrogens with one attached hydrogen (secondary N) is 1. The molecule has 0 aromatic heterocycles. The number of halogens is 1. The summed E-state index contributed by atoms with van der Waals surface area (Å²) in [6.07, 6.45) is 0. The van der Waals surface area contributed by atoms with Gasteiger partial charge in [0.1, 0.15) is 24.7 Å². The Balaban J connectivity index is 1.83. The van der Waals surface area contributed by atoms with Gasteiger partial charge in [0.25, 0.3) is 5.91 Å². The third kappa shape index (κ3) is 4.81. The number of amides is 1. The molecule has 2 aromatic rings. The summed E-state index contributed by atoms with van der Waals surface area (Å²) >= 11 is 0. The molecule has 0 aliphatic heterocycles. The molecule has 120 valence electrons. The average Bonchev–Trinajstić information content (AvgIpc) is 2.57. The first kappa shape index (κ1) is 16.5. The summed E-state index contributed by atoms with van der Waals surface area (Å²) in [7, 11) is 1.46. The van der Waals surface area contributed by atoms with Crippen LogP contribution in [0.5, 0.6) is 5.75 Å². The standard InChI is InChI=1S/C17H16FNO4/c1-22-15-8-3-2-7-14(15)17(21)19-10-16(20)23-11-12-5-4-6-13(18)9-12/h2-9H,10-11H2,1H3,(H,19,21). The summed E-state index contributed by atoms with van der Waals surface area (Å²) in [5, 5.41) is 2.45. The Morgan fingerprint density at radius 2 is 1.91 bits per heavy atom. The van der Waals surface area contributed by atoms with Crippen molar-refractivity contribution >= 4 is 11.9 Å². The number of para-hydroxylation sites is 1. The maximum atomic E-state index is 13.0. The molecule has 1 amide bonds. The summed E-state index contributed by atoms with van der Waals surface area (Å²) in [5.41, 5.74) is 0.863. The SMILES string of the molecule is COc1ccccc1C(=O)NCC(=O)OCc1cccc(F)c1. The van der Waals surface area contributed by atoms with Crippen LogP contribution in [0.1, 0.15) is 15.9 Å². The molecule has 0 unspecified atom stereocenters. The molecule has 6 heteroatoms. The second kappa shape index (κ2) is 7.93. The predicted octanol–water partition coefficient (Wildman–Crippen LogP) is 2.31. The van der Waals surface area contributed by atoms with Gasteiger partial charge in [0.05, 0.1) is 12.7 Å². The predicted molar refractivity (Wildman–Crippen MR) is 81.5 cm³/mol. The number of esters is 1. The van der Waals surface area contributed by atoms with Crippen molar-refractivity contribution in [3.63, 3.8) is 0 Å². The number of carbonyl (C=O) groups excluding carboxylic acids is 2. The molecular formula is C17H16FNO4. The molecule has 5 nitrogen and oxygen atoms in total. The molecule has 0 spiro atoms. The number of hydrogen-bond acceptors (Lipinski definition) is 4. The molecule has 0 bridgehead atoms. The lowest BCUT2D eigenvalue weighted by atomic mass is 10.2. The second-order valence-corrected chi connectivity index (χ2v) is 4.67. The summed E-state index contributed by atoms with van der Waals surface area (Å²) < 4.78 is 23.0. The van der Waals surface area contributed by atoms with E-state index in [4.69, 9.17) is 9.47 Å². The summed E-state index contributed by atoms with van der Waals surface area (Å²) in [6.45, 7) is -0.340. The molecule has 0 saturated heterocycles. The Hall–Kier alpha value is -2.89. The van der Waals surface area contributed by atoms with Crippen LogP contribution in [0.15, 0.2) is 48.5 Å². The lowest BCUT2D eigenvalue weighted by molar-refractivity contribution is -0.143. The topological polar surface area (TPSA) is 64.6 Å². The third-order valence-corrected chi connectivity index (χ3v) is 3.03. The number of methoxy groups -OCH3 is 1. The molecule has 23 heavy (non-hydrogen) atoms. The number of benzene rings is 2. The Bertz CT molecular complexity index is 702. The molecule has 0 saturated carbocycles. The minimum atomic E-state index is -0.613. The van der Waals surface area contributed by atoms with E-state index < -0.39 is 17.7 Å². The highest BCUT2D eigenvalue weighted by Gasteiger charge is 2.13. The van der Waals surface area contributed by atoms with Crippen molar-refractivity contribution in [2.75, 3.05) is 13.7 Å². The van der Waals surface area contributed by atoms with Crippen molar-refractivity contribution < 1.29 is 23.5 Å². The zero-order valence-corrected chi connectivity index (χ0v) is 12.5. The highest BCUT2D eigenvalue weighted by Crippen LogP contribution is 2.16. The normalized spacial score (nSPS) is 10.0. The first-order chi connectivity index (χ1) is 11.1. The van der Waals surface area contributed by atoms with E-state index in [2.05, 4.69) is 5.32 Å². The summed E-state index contributed by atoms with van der Waals surface area (Å²) in [6, 6.07) is 12.4. The van der Waals surface area contributed by atoms with Crippen LogP contribution in [0.4, 0.5) is 4.39 Å². The summed E-state index contributed by atoms with van der Waals surface area (Å²) in [4.78, 5) is 23.6. The highest BCUT2D eigenvalue weighted by molar-refractivity contribution is 5.98. The number of rotatable bonds is 6. The molecule has 1 N–H and O–H groups in total. The maximum Gasteiger partial charge on any atom is 0.325 e. The second-order valence-electron chi connectivity index (χ2n) is 4.67. The fraction of sp³-hybridized carbons (Fsp3) is 0.176. The fourth-order valence-corrected chi connectivity index (χ4v) is 1.92. The molecule has 0 atom stereocenters. The van der Waals surface area contributed by atoms with Gasteiger partial charge in [-0.05, 0) is 29.8 Å². The van der Waals surface area contributed by atoms with E-state index in [1.54, 1.807) is 30.3 Å². The first-order valence-electron chi connectivity index (χ1n) is 6.91. The van der Waals surface area contributed by atoms with Crippen LogP contribution in [-0.2, 0) is 16.1 Å². The lowest BCUT2D eigenvalue weighted by Crippen LogP contribution is -2.30. The van der Waals surface area contributed by atoms with Crippen LogP contribution < -0.4 is 10.1 Å². The van der Waals surface area contributed by atoms with Gasteiger partial charge in [-0.15, -0.1) is 0 Å². The Morgan fingerprint density at radius 1 is 1.13 bits per heavy atom. The third-order valence-electron chi connectivity index (χ3n) is 3.03. The van der Waals surface area contributed by atoms with Crippen LogP contribution in [0.25, 0.3) is 0 Å². The Labute approximate surface area is 133 Å². The van der Waals surface area contributed by atoms with Crippen molar-refractivity contribution in [2.24, 2.45) is 0 Å². The van der Waals surface area contributed by atoms with Gasteiger partial charge in [-0.25, -0.2) is 4.39 Å². The van der Waals surface area contributed by atoms with E-state index in [9.17, 15) is 14.0 Å². The maximum absolute atomic E-state index is 13.0. The zero-order chi connectivity index (χ0) is 16.7. The lowest BCUT2D eigenvalue weighted by Gasteiger charge is -2.09. The van der Waals surface area contributed by atoms with E-state index in [-0.39, 0.29) is 13.2 Å². The van der Waals surface area contributed by atoms with Crippen LogP contribution in [0.3, 0.4) is 0 Å². The molecule has 0 aliphatic carbocycles. The van der Waals surface area contributed by atoms with Crippen LogP contribution >= 0.6 is 0 Å². The first-order valence-corrected chi connectivity index (χ1v) is 6.91. The van der Waals surface area contributed by atoms with Crippen LogP contribution in [0, 0.1) is 5.82 Å². The van der Waals surface area contributed by atoms with Gasteiger partial charge in [0, 0.05) is 0 Å². The van der Waals surface area contributed by atoms with Crippen LogP contribution in [-0.4, -0.2) is 25.5 Å². The molecule has 0 fully saturated rings. The quantitative estimate of drug-likeness (QED) is 0.830. The van der Waals surface area contributed by atoms with E-state index in [1.165, 1.54) is 25.3 Å². The summed E-state index contributed by atoms with van der Waals surface area (Å²) in [5.74, 6) is -1.04. The van der Waals surface area contributed by atoms with Gasteiger partial charge >= 0.3 is 5.97 Å². The van der Waals surface area contributed by atoms with Crippen LogP contribution in [0.2, 0.25) is 0 Å². The van der Waals surface area contributed by atoms with Gasteiger partial charge in [-0.3, -0.25) is 9.59 Å². The van der Waals surface area contributed by atoms with Crippen molar-refractivity contribution in [2.45, 2.75) is 6.61 Å². The van der Waals surface area contributed by atoms with Crippen molar-refractivity contribution in [3.05, 3.63) is 65.5 Å². The van der Waals surface area contributed by atoms with Crippen molar-refractivity contribution in [3.8, 4) is 5.75 Å².